The van der Waals surface area contributed by atoms with E-state index in [1.807, 2.05) is 10.8 Å². The largest absolute Gasteiger partial charge is 0.465 e. The molecule has 2 atom stereocenters. The Labute approximate surface area is 228 Å². The molecule has 14 heteroatoms. The first kappa shape index (κ1) is 27.6. The molecule has 0 spiro atoms. The average molecular weight is 569 g/mol. The highest BCUT2D eigenvalue weighted by Gasteiger charge is 2.26. The van der Waals surface area contributed by atoms with Crippen molar-refractivity contribution in [1.29, 1.82) is 0 Å². The molecule has 0 bridgehead atoms. The second kappa shape index (κ2) is 12.4. The third-order valence-electron chi connectivity index (χ3n) is 5.52. The summed E-state index contributed by atoms with van der Waals surface area (Å²) in [6.07, 6.45) is 3.73. The second-order valence-electron chi connectivity index (χ2n) is 8.40. The minimum absolute atomic E-state index is 0.142. The van der Waals surface area contributed by atoms with Gasteiger partial charge in [-0.2, -0.15) is 8.42 Å². The van der Waals surface area contributed by atoms with E-state index in [1.54, 1.807) is 60.4 Å². The minimum Gasteiger partial charge on any atom is -0.465 e. The van der Waals surface area contributed by atoms with E-state index in [1.165, 1.54) is 23.5 Å². The Bertz CT molecular complexity index is 1520. The van der Waals surface area contributed by atoms with Crippen LogP contribution >= 0.6 is 11.3 Å². The van der Waals surface area contributed by atoms with Gasteiger partial charge < -0.3 is 15.7 Å². The summed E-state index contributed by atoms with van der Waals surface area (Å²) in [6.45, 7) is 0. The minimum atomic E-state index is -4.42. The summed E-state index contributed by atoms with van der Waals surface area (Å²) < 4.78 is 33.2. The second-order valence-corrected chi connectivity index (χ2v) is 10.4. The van der Waals surface area contributed by atoms with Gasteiger partial charge in [0.15, 0.2) is 0 Å². The lowest BCUT2D eigenvalue weighted by Gasteiger charge is -2.22. The van der Waals surface area contributed by atoms with Crippen molar-refractivity contribution in [3.63, 3.8) is 0 Å². The molecule has 5 N–H and O–H groups in total. The molecular weight excluding hydrogens is 544 g/mol. The smallest absolute Gasteiger partial charge is 0.405 e. The maximum atomic E-state index is 13.4. The van der Waals surface area contributed by atoms with Gasteiger partial charge in [-0.25, -0.2) is 9.78 Å². The molecule has 0 fully saturated rings. The van der Waals surface area contributed by atoms with E-state index >= 15 is 0 Å². The molecule has 12 nitrogen and oxygen atoms in total. The van der Waals surface area contributed by atoms with Crippen LogP contribution in [0.3, 0.4) is 0 Å². The van der Waals surface area contributed by atoms with Crippen molar-refractivity contribution in [2.75, 3.05) is 4.72 Å². The van der Waals surface area contributed by atoms with E-state index in [0.717, 1.165) is 11.1 Å². The van der Waals surface area contributed by atoms with Crippen LogP contribution < -0.4 is 15.4 Å². The van der Waals surface area contributed by atoms with Gasteiger partial charge >= 0.3 is 16.4 Å². The van der Waals surface area contributed by atoms with Gasteiger partial charge in [0.05, 0.1) is 23.6 Å². The summed E-state index contributed by atoms with van der Waals surface area (Å²) in [4.78, 5) is 37.8. The molecule has 2 aromatic heterocycles. The van der Waals surface area contributed by atoms with E-state index < -0.39 is 34.4 Å². The van der Waals surface area contributed by atoms with Crippen molar-refractivity contribution in [1.82, 2.24) is 25.6 Å². The number of carbonyl (C=O) groups is 2. The third-order valence-corrected chi connectivity index (χ3v) is 6.89. The first-order valence-electron chi connectivity index (χ1n) is 11.6. The Kier molecular flexibility index (Phi) is 8.81. The first-order valence-corrected chi connectivity index (χ1v) is 13.9. The number of amides is 2. The summed E-state index contributed by atoms with van der Waals surface area (Å²) in [7, 11) is -4.42. The molecule has 2 amide bonds. The van der Waals surface area contributed by atoms with Crippen LogP contribution in [-0.4, -0.2) is 51.1 Å². The van der Waals surface area contributed by atoms with Gasteiger partial charge in [0.25, 0.3) is 0 Å². The zero-order valence-electron chi connectivity index (χ0n) is 20.3. The van der Waals surface area contributed by atoms with Crippen molar-refractivity contribution in [3.05, 3.63) is 95.4 Å². The lowest BCUT2D eigenvalue weighted by molar-refractivity contribution is -0.123. The Hall–Kier alpha value is -4.40. The quantitative estimate of drug-likeness (QED) is 0.170. The molecule has 4 rings (SSSR count). The van der Waals surface area contributed by atoms with Crippen LogP contribution in [0.2, 0.25) is 0 Å². The number of nitrogens with zero attached hydrogens (tertiary/aromatic N) is 3. The normalized spacial score (nSPS) is 12.7. The summed E-state index contributed by atoms with van der Waals surface area (Å²) in [5.74, 6) is -0.537. The molecule has 0 radical (unpaired) electrons. The number of rotatable bonds is 11. The number of carboxylic acid groups (broad SMARTS) is 1. The summed E-state index contributed by atoms with van der Waals surface area (Å²) in [6, 6.07) is 13.5. The Balaban J connectivity index is 1.60. The lowest BCUT2D eigenvalue weighted by atomic mass is 10.0. The molecule has 0 aliphatic heterocycles. The molecule has 4 aromatic rings. The lowest BCUT2D eigenvalue weighted by Crippen LogP contribution is -2.48. The number of aromatic nitrogens is 3. The van der Waals surface area contributed by atoms with E-state index in [0.29, 0.717) is 16.4 Å². The molecule has 39 heavy (non-hydrogen) atoms. The SMILES string of the molecule is O=C(O)N[C@@H](Cc1ccccc1)C(=O)N[C@@H](Cc1ccc(NS(=O)(=O)O)cc1)c1csc(-c2cnccn2)n1. The Morgan fingerprint density at radius 1 is 0.949 bits per heavy atom. The van der Waals surface area contributed by atoms with Crippen molar-refractivity contribution < 1.29 is 27.7 Å². The van der Waals surface area contributed by atoms with E-state index in [4.69, 9.17) is 4.55 Å². The topological polar surface area (TPSA) is 183 Å². The average Bonchev–Trinajstić information content (AvgIpc) is 3.39. The van der Waals surface area contributed by atoms with E-state index in [-0.39, 0.29) is 18.5 Å². The van der Waals surface area contributed by atoms with Crippen LogP contribution in [0.5, 0.6) is 0 Å². The fraction of sp³-hybridized carbons (Fsp3) is 0.160. The molecule has 2 heterocycles. The van der Waals surface area contributed by atoms with Gasteiger partial charge in [-0.05, 0) is 29.7 Å². The van der Waals surface area contributed by atoms with Gasteiger partial charge in [-0.3, -0.25) is 24.0 Å². The highest BCUT2D eigenvalue weighted by Crippen LogP contribution is 2.27. The highest BCUT2D eigenvalue weighted by atomic mass is 32.2. The predicted octanol–water partition coefficient (Wildman–Crippen LogP) is 3.09. The first-order chi connectivity index (χ1) is 18.7. The summed E-state index contributed by atoms with van der Waals surface area (Å²) in [5, 5.41) is 16.9. The Morgan fingerprint density at radius 3 is 2.31 bits per heavy atom. The van der Waals surface area contributed by atoms with Crippen LogP contribution in [0.15, 0.2) is 78.6 Å². The molecular formula is C25H24N6O6S2. The number of benzene rings is 2. The number of hydrogen-bond acceptors (Lipinski definition) is 8. The van der Waals surface area contributed by atoms with Crippen LogP contribution in [0.1, 0.15) is 22.9 Å². The fourth-order valence-electron chi connectivity index (χ4n) is 3.78. The Morgan fingerprint density at radius 2 is 1.67 bits per heavy atom. The maximum Gasteiger partial charge on any atom is 0.405 e. The maximum absolute atomic E-state index is 13.4. The number of nitrogens with one attached hydrogen (secondary N) is 3. The zero-order valence-corrected chi connectivity index (χ0v) is 21.9. The number of anilines is 1. The number of carbonyl (C=O) groups excluding carboxylic acids is 1. The van der Waals surface area contributed by atoms with Crippen LogP contribution in [-0.2, 0) is 27.9 Å². The fourth-order valence-corrected chi connectivity index (χ4v) is 5.04. The molecule has 0 aliphatic rings. The van der Waals surface area contributed by atoms with Crippen molar-refractivity contribution in [2.45, 2.75) is 24.9 Å². The molecule has 2 aromatic carbocycles. The molecule has 202 valence electrons. The highest BCUT2D eigenvalue weighted by molar-refractivity contribution is 7.87. The number of hydrogen-bond donors (Lipinski definition) is 5. The van der Waals surface area contributed by atoms with Gasteiger partial charge in [-0.1, -0.05) is 42.5 Å². The van der Waals surface area contributed by atoms with Gasteiger partial charge in [-0.15, -0.1) is 11.3 Å². The molecule has 0 saturated heterocycles. The molecule has 0 unspecified atom stereocenters. The van der Waals surface area contributed by atoms with Gasteiger partial charge in [0.1, 0.15) is 16.7 Å². The van der Waals surface area contributed by atoms with E-state index in [2.05, 4.69) is 25.6 Å². The number of thiazole rings is 1. The standard InChI is InChI=1S/C25H24N6O6S2/c32-23(20(30-25(33)34)13-16-4-2-1-3-5-16)28-19(12-17-6-8-18(9-7-17)31-39(35,36)37)22-15-38-24(29-22)21-14-26-10-11-27-21/h1-11,14-15,19-20,30-31H,12-13H2,(H,28,32)(H,33,34)(H,35,36,37)/t19-,20-/m0/s1. The van der Waals surface area contributed by atoms with Crippen LogP contribution in [0.25, 0.3) is 10.7 Å². The van der Waals surface area contributed by atoms with Crippen LogP contribution in [0, 0.1) is 0 Å². The molecule has 0 aliphatic carbocycles. The summed E-state index contributed by atoms with van der Waals surface area (Å²) in [5.41, 5.74) is 2.76. The zero-order chi connectivity index (χ0) is 27.8. The van der Waals surface area contributed by atoms with Crippen LogP contribution in [0.4, 0.5) is 10.5 Å². The van der Waals surface area contributed by atoms with E-state index in [9.17, 15) is 23.1 Å². The van der Waals surface area contributed by atoms with Crippen molar-refractivity contribution in [2.24, 2.45) is 0 Å². The predicted molar refractivity (Wildman–Crippen MR) is 144 cm³/mol. The third kappa shape index (κ3) is 8.29. The van der Waals surface area contributed by atoms with Crippen molar-refractivity contribution in [3.8, 4) is 10.7 Å². The van der Waals surface area contributed by atoms with Gasteiger partial charge in [0.2, 0.25) is 5.91 Å². The monoisotopic (exact) mass is 568 g/mol. The summed E-state index contributed by atoms with van der Waals surface area (Å²) >= 11 is 1.32. The van der Waals surface area contributed by atoms with Crippen molar-refractivity contribution >= 4 is 39.3 Å². The molecule has 0 saturated carbocycles. The van der Waals surface area contributed by atoms with Gasteiger partial charge in [0, 0.05) is 24.2 Å².